The highest BCUT2D eigenvalue weighted by Crippen LogP contribution is 2.17. The zero-order valence-electron chi connectivity index (χ0n) is 7.59. The van der Waals surface area contributed by atoms with E-state index >= 15 is 0 Å². The quantitative estimate of drug-likeness (QED) is 0.654. The summed E-state index contributed by atoms with van der Waals surface area (Å²) < 4.78 is 4.91. The van der Waals surface area contributed by atoms with Crippen molar-refractivity contribution in [2.45, 2.75) is 12.8 Å². The predicted octanol–water partition coefficient (Wildman–Crippen LogP) is 2.60. The SMILES string of the molecule is COC1=N/C(C(=O)Cl)=CCC/C(Cl)=C\1. The molecule has 1 aliphatic rings. The molecule has 1 aliphatic heterocycles. The molecule has 0 N–H and O–H groups in total. The van der Waals surface area contributed by atoms with Crippen LogP contribution < -0.4 is 0 Å². The number of ether oxygens (including phenoxy) is 1. The highest BCUT2D eigenvalue weighted by molar-refractivity contribution is 6.67. The predicted molar refractivity (Wildman–Crippen MR) is 56.6 cm³/mol. The molecule has 0 spiro atoms. The molecule has 0 amide bonds. The van der Waals surface area contributed by atoms with Gasteiger partial charge in [-0.1, -0.05) is 17.7 Å². The molecule has 0 fully saturated rings. The molecule has 0 atom stereocenters. The molecule has 1 rings (SSSR count). The van der Waals surface area contributed by atoms with Crippen molar-refractivity contribution >= 4 is 34.3 Å². The van der Waals surface area contributed by atoms with Gasteiger partial charge in [0, 0.05) is 11.1 Å². The van der Waals surface area contributed by atoms with E-state index in [0.717, 1.165) is 0 Å². The van der Waals surface area contributed by atoms with E-state index in [1.807, 2.05) is 0 Å². The Morgan fingerprint density at radius 3 is 2.93 bits per heavy atom. The summed E-state index contributed by atoms with van der Waals surface area (Å²) in [7, 11) is 1.46. The van der Waals surface area contributed by atoms with Crippen LogP contribution in [0.2, 0.25) is 0 Å². The molecule has 0 saturated carbocycles. The molecule has 0 aromatic heterocycles. The van der Waals surface area contributed by atoms with Crippen molar-refractivity contribution in [2.24, 2.45) is 4.99 Å². The minimum atomic E-state index is -0.592. The van der Waals surface area contributed by atoms with Gasteiger partial charge in [0.25, 0.3) is 5.24 Å². The van der Waals surface area contributed by atoms with Gasteiger partial charge in [-0.2, -0.15) is 0 Å². The number of aliphatic imine (C=N–C) groups is 1. The number of hydrogen-bond acceptors (Lipinski definition) is 3. The maximum absolute atomic E-state index is 10.9. The van der Waals surface area contributed by atoms with Crippen LogP contribution in [0, 0.1) is 0 Å². The van der Waals surface area contributed by atoms with Crippen molar-refractivity contribution in [1.29, 1.82) is 0 Å². The molecular weight excluding hydrogens is 225 g/mol. The van der Waals surface area contributed by atoms with Crippen molar-refractivity contribution < 1.29 is 9.53 Å². The standard InChI is InChI=1S/C9H9Cl2NO2/c1-14-8-5-6(10)3-2-4-7(12-8)9(11)13/h4-5H,2-3H2,1H3/b6-5+,7-4?,12-8+. The van der Waals surface area contributed by atoms with E-state index in [2.05, 4.69) is 4.99 Å². The van der Waals surface area contributed by atoms with Crippen LogP contribution in [0.1, 0.15) is 12.8 Å². The number of rotatable bonds is 1. The van der Waals surface area contributed by atoms with Crippen molar-refractivity contribution in [2.75, 3.05) is 7.11 Å². The van der Waals surface area contributed by atoms with Gasteiger partial charge >= 0.3 is 0 Å². The molecule has 0 aromatic rings. The summed E-state index contributed by atoms with van der Waals surface area (Å²) in [4.78, 5) is 14.8. The van der Waals surface area contributed by atoms with Gasteiger partial charge in [-0.25, -0.2) is 4.99 Å². The Balaban J connectivity index is 3.01. The molecule has 14 heavy (non-hydrogen) atoms. The zero-order valence-corrected chi connectivity index (χ0v) is 9.10. The van der Waals surface area contributed by atoms with Crippen molar-refractivity contribution in [1.82, 2.24) is 0 Å². The third-order valence-electron chi connectivity index (χ3n) is 1.64. The van der Waals surface area contributed by atoms with Crippen LogP contribution >= 0.6 is 23.2 Å². The Labute approximate surface area is 92.1 Å². The zero-order chi connectivity index (χ0) is 10.6. The van der Waals surface area contributed by atoms with Crippen LogP contribution in [0.4, 0.5) is 0 Å². The number of allylic oxidation sites excluding steroid dienone is 3. The van der Waals surface area contributed by atoms with Gasteiger partial charge in [0.15, 0.2) is 0 Å². The fourth-order valence-electron chi connectivity index (χ4n) is 0.978. The Morgan fingerprint density at radius 1 is 1.64 bits per heavy atom. The van der Waals surface area contributed by atoms with E-state index in [-0.39, 0.29) is 11.6 Å². The maximum atomic E-state index is 10.9. The van der Waals surface area contributed by atoms with Crippen LogP contribution in [0.15, 0.2) is 27.9 Å². The number of halogens is 2. The van der Waals surface area contributed by atoms with Gasteiger partial charge in [-0.05, 0) is 24.4 Å². The molecule has 0 saturated heterocycles. The fraction of sp³-hybridized carbons (Fsp3) is 0.333. The molecule has 76 valence electrons. The van der Waals surface area contributed by atoms with Crippen LogP contribution in [0.25, 0.3) is 0 Å². The van der Waals surface area contributed by atoms with Gasteiger partial charge in [-0.3, -0.25) is 4.79 Å². The van der Waals surface area contributed by atoms with Crippen LogP contribution in [-0.4, -0.2) is 18.2 Å². The number of carbonyl (C=O) groups is 1. The Bertz CT molecular complexity index is 332. The number of nitrogens with zero attached hydrogens (tertiary/aromatic N) is 1. The monoisotopic (exact) mass is 233 g/mol. The van der Waals surface area contributed by atoms with Crippen LogP contribution in [-0.2, 0) is 9.53 Å². The van der Waals surface area contributed by atoms with E-state index in [1.54, 1.807) is 12.2 Å². The smallest absolute Gasteiger partial charge is 0.270 e. The second-order valence-electron chi connectivity index (χ2n) is 2.65. The highest BCUT2D eigenvalue weighted by atomic mass is 35.5. The molecule has 0 bridgehead atoms. The van der Waals surface area contributed by atoms with E-state index in [0.29, 0.717) is 17.9 Å². The van der Waals surface area contributed by atoms with Crippen molar-refractivity contribution in [3.05, 3.63) is 22.9 Å². The fourth-order valence-corrected chi connectivity index (χ4v) is 1.30. The van der Waals surface area contributed by atoms with Gasteiger partial charge in [0.2, 0.25) is 5.90 Å². The van der Waals surface area contributed by atoms with E-state index in [4.69, 9.17) is 27.9 Å². The summed E-state index contributed by atoms with van der Waals surface area (Å²) in [5, 5.41) is 0.0499. The average Bonchev–Trinajstić information content (AvgIpc) is 2.10. The molecule has 0 aromatic carbocycles. The topological polar surface area (TPSA) is 38.7 Å². The second kappa shape index (κ2) is 5.17. The molecule has 1 heterocycles. The summed E-state index contributed by atoms with van der Waals surface area (Å²) in [6.07, 6.45) is 4.51. The Hall–Kier alpha value is -0.800. The molecular formula is C9H9Cl2NO2. The maximum Gasteiger partial charge on any atom is 0.270 e. The lowest BCUT2D eigenvalue weighted by molar-refractivity contribution is -0.108. The van der Waals surface area contributed by atoms with Crippen molar-refractivity contribution in [3.8, 4) is 0 Å². The molecule has 0 aliphatic carbocycles. The summed E-state index contributed by atoms with van der Waals surface area (Å²) in [6.45, 7) is 0. The highest BCUT2D eigenvalue weighted by Gasteiger charge is 2.09. The Morgan fingerprint density at radius 2 is 2.36 bits per heavy atom. The first-order chi connectivity index (χ1) is 6.63. The van der Waals surface area contributed by atoms with Gasteiger partial charge in [0.05, 0.1) is 7.11 Å². The van der Waals surface area contributed by atoms with Gasteiger partial charge in [-0.15, -0.1) is 0 Å². The first kappa shape index (κ1) is 11.3. The second-order valence-corrected chi connectivity index (χ2v) is 3.48. The Kier molecular flexibility index (Phi) is 4.17. The summed E-state index contributed by atoms with van der Waals surface area (Å²) in [6, 6.07) is 0. The van der Waals surface area contributed by atoms with E-state index in [9.17, 15) is 4.79 Å². The minimum absolute atomic E-state index is 0.198. The molecule has 0 radical (unpaired) electrons. The number of methoxy groups -OCH3 is 1. The van der Waals surface area contributed by atoms with Crippen LogP contribution in [0.5, 0.6) is 0 Å². The van der Waals surface area contributed by atoms with Gasteiger partial charge in [0.1, 0.15) is 5.70 Å². The lowest BCUT2D eigenvalue weighted by atomic mass is 10.2. The normalized spacial score (nSPS) is 24.6. The first-order valence-electron chi connectivity index (χ1n) is 4.02. The summed E-state index contributed by atoms with van der Waals surface area (Å²) in [5.74, 6) is 0.287. The lowest BCUT2D eigenvalue weighted by Gasteiger charge is -2.05. The summed E-state index contributed by atoms with van der Waals surface area (Å²) in [5.41, 5.74) is 0.198. The molecule has 5 heteroatoms. The first-order valence-corrected chi connectivity index (χ1v) is 4.78. The summed E-state index contributed by atoms with van der Waals surface area (Å²) >= 11 is 11.2. The van der Waals surface area contributed by atoms with Crippen LogP contribution in [0.3, 0.4) is 0 Å². The van der Waals surface area contributed by atoms with E-state index < -0.39 is 5.24 Å². The van der Waals surface area contributed by atoms with Gasteiger partial charge < -0.3 is 4.74 Å². The number of carbonyl (C=O) groups excluding carboxylic acids is 1. The third kappa shape index (κ3) is 3.16. The third-order valence-corrected chi connectivity index (χ3v) is 2.13. The van der Waals surface area contributed by atoms with Crippen molar-refractivity contribution in [3.63, 3.8) is 0 Å². The average molecular weight is 234 g/mol. The molecule has 0 unspecified atom stereocenters. The lowest BCUT2D eigenvalue weighted by Crippen LogP contribution is -2.03. The number of hydrogen-bond donors (Lipinski definition) is 0. The minimum Gasteiger partial charge on any atom is -0.481 e. The largest absolute Gasteiger partial charge is 0.481 e. The van der Waals surface area contributed by atoms with E-state index in [1.165, 1.54) is 7.11 Å². The molecule has 3 nitrogen and oxygen atoms in total.